The van der Waals surface area contributed by atoms with Crippen molar-refractivity contribution >= 4 is 34.6 Å². The highest BCUT2D eigenvalue weighted by molar-refractivity contribution is 7.09. The van der Waals surface area contributed by atoms with E-state index in [-0.39, 0.29) is 11.9 Å². The molecule has 0 spiro atoms. The summed E-state index contributed by atoms with van der Waals surface area (Å²) in [4.78, 5) is 24.3. The lowest BCUT2D eigenvalue weighted by Crippen LogP contribution is -2.41. The Hall–Kier alpha value is -2.15. The lowest BCUT2D eigenvalue weighted by atomic mass is 10.0. The molecule has 3 heterocycles. The maximum absolute atomic E-state index is 12.3. The zero-order valence-corrected chi connectivity index (χ0v) is 14.4. The molecule has 0 saturated carbocycles. The van der Waals surface area contributed by atoms with Crippen LogP contribution in [0, 0.1) is 5.92 Å². The number of nitrogens with zero attached hydrogens (tertiary/aromatic N) is 3. The minimum Gasteiger partial charge on any atom is -0.356 e. The van der Waals surface area contributed by atoms with Crippen LogP contribution >= 0.6 is 11.3 Å². The standard InChI is InChI=1S/C16H21N5OS/c1-10(2)7-12-16(22)20-13-14(19-12)17-9-18-15(13)21(3)8-11-5-4-6-23-11/h4-6,9-10,12H,7-8H2,1-3H3,(H,20,22)(H,17,18,19). The second kappa shape index (κ2) is 6.54. The SMILES string of the molecule is CC(C)CC1Nc2ncnc(N(C)Cc3cccs3)c2NC1=O. The van der Waals surface area contributed by atoms with Gasteiger partial charge in [-0.2, -0.15) is 0 Å². The molecule has 122 valence electrons. The van der Waals surface area contributed by atoms with Gasteiger partial charge in [-0.05, 0) is 23.8 Å². The maximum atomic E-state index is 12.3. The van der Waals surface area contributed by atoms with E-state index in [0.717, 1.165) is 18.8 Å². The number of thiophene rings is 1. The molecule has 1 unspecified atom stereocenters. The summed E-state index contributed by atoms with van der Waals surface area (Å²) in [5.41, 5.74) is 0.663. The summed E-state index contributed by atoms with van der Waals surface area (Å²) in [5.74, 6) is 1.83. The average Bonchev–Trinajstić information content (AvgIpc) is 3.00. The second-order valence-corrected chi connectivity index (χ2v) is 7.20. The number of fused-ring (bicyclic) bond motifs is 1. The first-order chi connectivity index (χ1) is 11.0. The van der Waals surface area contributed by atoms with Crippen molar-refractivity contribution in [3.05, 3.63) is 28.7 Å². The van der Waals surface area contributed by atoms with Crippen molar-refractivity contribution < 1.29 is 4.79 Å². The summed E-state index contributed by atoms with van der Waals surface area (Å²) in [7, 11) is 1.97. The van der Waals surface area contributed by atoms with Gasteiger partial charge in [0.25, 0.3) is 0 Å². The van der Waals surface area contributed by atoms with E-state index in [1.165, 1.54) is 11.2 Å². The Kier molecular flexibility index (Phi) is 4.47. The number of aromatic nitrogens is 2. The fourth-order valence-electron chi connectivity index (χ4n) is 2.68. The van der Waals surface area contributed by atoms with Crippen molar-refractivity contribution in [3.63, 3.8) is 0 Å². The predicted octanol–water partition coefficient (Wildman–Crippen LogP) is 2.95. The molecule has 0 fully saturated rings. The largest absolute Gasteiger partial charge is 0.356 e. The lowest BCUT2D eigenvalue weighted by Gasteiger charge is -2.30. The normalized spacial score (nSPS) is 16.7. The molecule has 1 amide bonds. The van der Waals surface area contributed by atoms with Crippen LogP contribution in [0.15, 0.2) is 23.8 Å². The lowest BCUT2D eigenvalue weighted by molar-refractivity contribution is -0.117. The van der Waals surface area contributed by atoms with Crippen LogP contribution in [0.5, 0.6) is 0 Å². The van der Waals surface area contributed by atoms with E-state index >= 15 is 0 Å². The third-order valence-corrected chi connectivity index (χ3v) is 4.61. The minimum absolute atomic E-state index is 0.0215. The Morgan fingerprint density at radius 1 is 1.39 bits per heavy atom. The van der Waals surface area contributed by atoms with Crippen LogP contribution < -0.4 is 15.5 Å². The van der Waals surface area contributed by atoms with Crippen LogP contribution in [0.1, 0.15) is 25.1 Å². The highest BCUT2D eigenvalue weighted by atomic mass is 32.1. The van der Waals surface area contributed by atoms with Crippen molar-refractivity contribution in [1.29, 1.82) is 0 Å². The summed E-state index contributed by atoms with van der Waals surface area (Å²) in [6, 6.07) is 3.88. The summed E-state index contributed by atoms with van der Waals surface area (Å²) in [6.07, 6.45) is 2.31. The van der Waals surface area contributed by atoms with Crippen molar-refractivity contribution in [3.8, 4) is 0 Å². The Bertz CT molecular complexity index is 686. The highest BCUT2D eigenvalue weighted by Crippen LogP contribution is 2.34. The quantitative estimate of drug-likeness (QED) is 0.881. The van der Waals surface area contributed by atoms with Crippen molar-refractivity contribution in [2.75, 3.05) is 22.6 Å². The van der Waals surface area contributed by atoms with Crippen LogP contribution in [-0.4, -0.2) is 29.0 Å². The van der Waals surface area contributed by atoms with Crippen molar-refractivity contribution in [1.82, 2.24) is 9.97 Å². The van der Waals surface area contributed by atoms with Crippen LogP contribution in [0.3, 0.4) is 0 Å². The molecule has 3 rings (SSSR count). The Morgan fingerprint density at radius 3 is 2.91 bits per heavy atom. The van der Waals surface area contributed by atoms with Crippen molar-refractivity contribution in [2.24, 2.45) is 5.92 Å². The zero-order valence-electron chi connectivity index (χ0n) is 13.5. The van der Waals surface area contributed by atoms with E-state index in [1.807, 2.05) is 18.0 Å². The minimum atomic E-state index is -0.243. The van der Waals surface area contributed by atoms with Crippen LogP contribution in [-0.2, 0) is 11.3 Å². The number of nitrogens with one attached hydrogen (secondary N) is 2. The van der Waals surface area contributed by atoms with E-state index in [2.05, 4.69) is 45.9 Å². The number of amides is 1. The van der Waals surface area contributed by atoms with E-state index in [4.69, 9.17) is 0 Å². The van der Waals surface area contributed by atoms with Crippen LogP contribution in [0.25, 0.3) is 0 Å². The number of carbonyl (C=O) groups is 1. The first-order valence-corrected chi connectivity index (χ1v) is 8.58. The molecule has 2 aromatic rings. The molecular weight excluding hydrogens is 310 g/mol. The van der Waals surface area contributed by atoms with E-state index in [0.29, 0.717) is 17.4 Å². The third kappa shape index (κ3) is 3.44. The van der Waals surface area contributed by atoms with Crippen LogP contribution in [0.4, 0.5) is 17.3 Å². The number of rotatable bonds is 5. The van der Waals surface area contributed by atoms with Gasteiger partial charge in [0, 0.05) is 11.9 Å². The smallest absolute Gasteiger partial charge is 0.247 e. The monoisotopic (exact) mass is 331 g/mol. The topological polar surface area (TPSA) is 70.2 Å². The van der Waals surface area contributed by atoms with Crippen molar-refractivity contribution in [2.45, 2.75) is 32.9 Å². The summed E-state index contributed by atoms with van der Waals surface area (Å²) in [6.45, 7) is 4.95. The Labute approximate surface area is 140 Å². The summed E-state index contributed by atoms with van der Waals surface area (Å²) >= 11 is 1.70. The van der Waals surface area contributed by atoms with Crippen LogP contribution in [0.2, 0.25) is 0 Å². The maximum Gasteiger partial charge on any atom is 0.247 e. The van der Waals surface area contributed by atoms with Gasteiger partial charge in [0.05, 0.1) is 6.54 Å². The van der Waals surface area contributed by atoms with Gasteiger partial charge in [-0.15, -0.1) is 11.3 Å². The van der Waals surface area contributed by atoms with E-state index < -0.39 is 0 Å². The molecule has 0 aliphatic carbocycles. The molecule has 0 radical (unpaired) electrons. The van der Waals surface area contributed by atoms with Gasteiger partial charge in [-0.25, -0.2) is 9.97 Å². The molecule has 7 heteroatoms. The molecular formula is C16H21N5OS. The average molecular weight is 331 g/mol. The highest BCUT2D eigenvalue weighted by Gasteiger charge is 2.29. The van der Waals surface area contributed by atoms with Gasteiger partial charge in [0.1, 0.15) is 18.1 Å². The number of hydrogen-bond donors (Lipinski definition) is 2. The molecule has 1 aliphatic heterocycles. The second-order valence-electron chi connectivity index (χ2n) is 6.17. The first-order valence-electron chi connectivity index (χ1n) is 7.70. The molecule has 0 bridgehead atoms. The molecule has 2 aromatic heterocycles. The molecule has 6 nitrogen and oxygen atoms in total. The van der Waals surface area contributed by atoms with Gasteiger partial charge in [0.2, 0.25) is 5.91 Å². The fraction of sp³-hybridized carbons (Fsp3) is 0.438. The molecule has 0 saturated heterocycles. The van der Waals surface area contributed by atoms with E-state index in [9.17, 15) is 4.79 Å². The molecule has 2 N–H and O–H groups in total. The van der Waals surface area contributed by atoms with Gasteiger partial charge in [0.15, 0.2) is 11.6 Å². The molecule has 1 aliphatic rings. The number of carbonyl (C=O) groups excluding carboxylic acids is 1. The van der Waals surface area contributed by atoms with Gasteiger partial charge < -0.3 is 15.5 Å². The molecule has 23 heavy (non-hydrogen) atoms. The van der Waals surface area contributed by atoms with E-state index in [1.54, 1.807) is 11.3 Å². The zero-order chi connectivity index (χ0) is 16.4. The Morgan fingerprint density at radius 2 is 2.22 bits per heavy atom. The number of anilines is 3. The molecule has 0 aromatic carbocycles. The Balaban J connectivity index is 1.83. The van der Waals surface area contributed by atoms with Gasteiger partial charge in [-0.3, -0.25) is 4.79 Å². The summed E-state index contributed by atoms with van der Waals surface area (Å²) in [5, 5.41) is 8.28. The first kappa shape index (κ1) is 15.7. The number of hydrogen-bond acceptors (Lipinski definition) is 6. The van der Waals surface area contributed by atoms with Gasteiger partial charge >= 0.3 is 0 Å². The third-order valence-electron chi connectivity index (χ3n) is 3.74. The molecule has 1 atom stereocenters. The fourth-order valence-corrected chi connectivity index (χ4v) is 3.44. The van der Waals surface area contributed by atoms with Gasteiger partial charge in [-0.1, -0.05) is 19.9 Å². The summed E-state index contributed by atoms with van der Waals surface area (Å²) < 4.78 is 0. The predicted molar refractivity (Wildman–Crippen MR) is 94.0 cm³/mol.